The van der Waals surface area contributed by atoms with Gasteiger partial charge in [-0.2, -0.15) is 0 Å². The summed E-state index contributed by atoms with van der Waals surface area (Å²) >= 11 is 0. The first-order valence-electron chi connectivity index (χ1n) is 8.80. The van der Waals surface area contributed by atoms with Gasteiger partial charge in [0.15, 0.2) is 0 Å². The van der Waals surface area contributed by atoms with Gasteiger partial charge >= 0.3 is 0 Å². The number of pyridine rings is 1. The monoisotopic (exact) mass is 321 g/mol. The van der Waals surface area contributed by atoms with Crippen molar-refractivity contribution in [1.82, 2.24) is 24.9 Å². The van der Waals surface area contributed by atoms with Crippen LogP contribution in [-0.4, -0.2) is 37.5 Å². The molecule has 5 heteroatoms. The molecule has 3 heterocycles. The fourth-order valence-electron chi connectivity index (χ4n) is 3.67. The van der Waals surface area contributed by atoms with Crippen molar-refractivity contribution in [3.8, 4) is 0 Å². The van der Waals surface area contributed by atoms with Gasteiger partial charge in [-0.25, -0.2) is 0 Å². The average Bonchev–Trinajstić information content (AvgIpc) is 3.14. The lowest BCUT2D eigenvalue weighted by Crippen LogP contribution is -2.39. The normalized spacial score (nSPS) is 18.9. The number of likely N-dealkylation sites (tertiary alicyclic amines) is 1. The first kappa shape index (κ1) is 15.3. The van der Waals surface area contributed by atoms with E-state index in [0.29, 0.717) is 6.04 Å². The standard InChI is InChI=1S/C19H23N5/c1-2-7-19-17(5-1)13-16(14-20-19)15-23-10-4-3-6-18(23)8-11-24-12-9-21-22-24/h1-2,5,7,9,12-14,18H,3-4,6,8,10-11,15H2. The second-order valence-electron chi connectivity index (χ2n) is 6.61. The number of hydrogen-bond donors (Lipinski definition) is 0. The molecule has 0 N–H and O–H groups in total. The van der Waals surface area contributed by atoms with E-state index in [2.05, 4.69) is 44.5 Å². The van der Waals surface area contributed by atoms with Crippen LogP contribution < -0.4 is 0 Å². The van der Waals surface area contributed by atoms with E-state index in [9.17, 15) is 0 Å². The third-order valence-electron chi connectivity index (χ3n) is 4.95. The summed E-state index contributed by atoms with van der Waals surface area (Å²) in [4.78, 5) is 7.23. The SMILES string of the molecule is c1ccc2ncc(CN3CCCCC3CCn3ccnn3)cc2c1. The molecule has 124 valence electrons. The highest BCUT2D eigenvalue weighted by molar-refractivity contribution is 5.78. The highest BCUT2D eigenvalue weighted by Crippen LogP contribution is 2.23. The minimum atomic E-state index is 0.620. The Morgan fingerprint density at radius 1 is 1.17 bits per heavy atom. The van der Waals surface area contributed by atoms with E-state index >= 15 is 0 Å². The zero-order chi connectivity index (χ0) is 16.2. The van der Waals surface area contributed by atoms with Crippen molar-refractivity contribution >= 4 is 10.9 Å². The molecular weight excluding hydrogens is 298 g/mol. The smallest absolute Gasteiger partial charge is 0.0702 e. The van der Waals surface area contributed by atoms with Crippen LogP contribution in [0.15, 0.2) is 48.9 Å². The van der Waals surface area contributed by atoms with Gasteiger partial charge in [0.25, 0.3) is 0 Å². The first-order chi connectivity index (χ1) is 11.9. The van der Waals surface area contributed by atoms with E-state index in [4.69, 9.17) is 0 Å². The molecule has 24 heavy (non-hydrogen) atoms. The molecule has 0 spiro atoms. The van der Waals surface area contributed by atoms with Crippen molar-refractivity contribution in [2.75, 3.05) is 6.54 Å². The van der Waals surface area contributed by atoms with Gasteiger partial charge in [-0.3, -0.25) is 14.6 Å². The van der Waals surface area contributed by atoms with Gasteiger partial charge in [0.05, 0.1) is 11.7 Å². The zero-order valence-corrected chi connectivity index (χ0v) is 13.9. The number of benzene rings is 1. The number of piperidine rings is 1. The van der Waals surface area contributed by atoms with E-state index in [0.717, 1.165) is 25.0 Å². The summed E-state index contributed by atoms with van der Waals surface area (Å²) in [6.45, 7) is 3.10. The highest BCUT2D eigenvalue weighted by Gasteiger charge is 2.22. The summed E-state index contributed by atoms with van der Waals surface area (Å²) in [5, 5.41) is 9.20. The number of para-hydroxylation sites is 1. The van der Waals surface area contributed by atoms with Crippen molar-refractivity contribution < 1.29 is 0 Å². The minimum absolute atomic E-state index is 0.620. The molecule has 1 aliphatic rings. The molecule has 1 unspecified atom stereocenters. The predicted molar refractivity (Wildman–Crippen MR) is 94.4 cm³/mol. The van der Waals surface area contributed by atoms with E-state index in [1.165, 1.54) is 36.8 Å². The molecular formula is C19H23N5. The molecule has 1 aromatic carbocycles. The lowest BCUT2D eigenvalue weighted by Gasteiger charge is -2.35. The van der Waals surface area contributed by atoms with Gasteiger partial charge in [0.1, 0.15) is 0 Å². The minimum Gasteiger partial charge on any atom is -0.296 e. The average molecular weight is 321 g/mol. The van der Waals surface area contributed by atoms with Gasteiger partial charge in [0, 0.05) is 36.9 Å². The molecule has 0 radical (unpaired) electrons. The Balaban J connectivity index is 1.45. The van der Waals surface area contributed by atoms with Gasteiger partial charge in [-0.1, -0.05) is 29.8 Å². The van der Waals surface area contributed by atoms with Crippen LogP contribution in [-0.2, 0) is 13.1 Å². The van der Waals surface area contributed by atoms with Gasteiger partial charge in [-0.05, 0) is 43.5 Å². The Bertz CT molecular complexity index is 783. The topological polar surface area (TPSA) is 46.8 Å². The van der Waals surface area contributed by atoms with Crippen LogP contribution >= 0.6 is 0 Å². The Labute approximate surface area is 142 Å². The molecule has 1 fully saturated rings. The van der Waals surface area contributed by atoms with Gasteiger partial charge < -0.3 is 0 Å². The van der Waals surface area contributed by atoms with Crippen molar-refractivity contribution in [2.24, 2.45) is 0 Å². The maximum atomic E-state index is 4.61. The first-order valence-corrected chi connectivity index (χ1v) is 8.80. The van der Waals surface area contributed by atoms with E-state index in [1.807, 2.05) is 23.1 Å². The van der Waals surface area contributed by atoms with Crippen molar-refractivity contribution in [1.29, 1.82) is 0 Å². The number of aryl methyl sites for hydroxylation is 1. The van der Waals surface area contributed by atoms with Crippen LogP contribution in [0.25, 0.3) is 10.9 Å². The number of aromatic nitrogens is 4. The lowest BCUT2D eigenvalue weighted by molar-refractivity contribution is 0.127. The molecule has 5 nitrogen and oxygen atoms in total. The lowest BCUT2D eigenvalue weighted by atomic mass is 9.98. The number of fused-ring (bicyclic) bond motifs is 1. The van der Waals surface area contributed by atoms with Crippen molar-refractivity contribution in [3.05, 3.63) is 54.5 Å². The number of nitrogens with zero attached hydrogens (tertiary/aromatic N) is 5. The summed E-state index contributed by atoms with van der Waals surface area (Å²) < 4.78 is 1.93. The van der Waals surface area contributed by atoms with E-state index in [-0.39, 0.29) is 0 Å². The highest BCUT2D eigenvalue weighted by atomic mass is 15.4. The molecule has 4 rings (SSSR count). The molecule has 1 aliphatic heterocycles. The maximum absolute atomic E-state index is 4.61. The second-order valence-corrected chi connectivity index (χ2v) is 6.61. The molecule has 0 amide bonds. The summed E-state index contributed by atoms with van der Waals surface area (Å²) in [5.41, 5.74) is 2.38. The summed E-state index contributed by atoms with van der Waals surface area (Å²) in [6, 6.07) is 11.2. The molecule has 1 atom stereocenters. The fourth-order valence-corrected chi connectivity index (χ4v) is 3.67. The number of rotatable bonds is 5. The third kappa shape index (κ3) is 3.46. The molecule has 2 aromatic heterocycles. The number of hydrogen-bond acceptors (Lipinski definition) is 4. The Kier molecular flexibility index (Phi) is 4.51. The van der Waals surface area contributed by atoms with Crippen LogP contribution in [0.4, 0.5) is 0 Å². The molecule has 0 saturated carbocycles. The Morgan fingerprint density at radius 3 is 3.04 bits per heavy atom. The van der Waals surface area contributed by atoms with E-state index < -0.39 is 0 Å². The Morgan fingerprint density at radius 2 is 2.12 bits per heavy atom. The van der Waals surface area contributed by atoms with Crippen molar-refractivity contribution in [3.63, 3.8) is 0 Å². The van der Waals surface area contributed by atoms with Crippen LogP contribution in [0.2, 0.25) is 0 Å². The van der Waals surface area contributed by atoms with Crippen LogP contribution in [0.1, 0.15) is 31.2 Å². The predicted octanol–water partition coefficient (Wildman–Crippen LogP) is 3.27. The Hall–Kier alpha value is -2.27. The second kappa shape index (κ2) is 7.09. The summed E-state index contributed by atoms with van der Waals surface area (Å²) in [7, 11) is 0. The molecule has 0 aliphatic carbocycles. The molecule has 3 aromatic rings. The van der Waals surface area contributed by atoms with Crippen molar-refractivity contribution in [2.45, 2.75) is 44.8 Å². The van der Waals surface area contributed by atoms with Crippen LogP contribution in [0.3, 0.4) is 0 Å². The zero-order valence-electron chi connectivity index (χ0n) is 13.9. The third-order valence-corrected chi connectivity index (χ3v) is 4.95. The maximum Gasteiger partial charge on any atom is 0.0702 e. The fraction of sp³-hybridized carbons (Fsp3) is 0.421. The largest absolute Gasteiger partial charge is 0.296 e. The quantitative estimate of drug-likeness (QED) is 0.723. The molecule has 1 saturated heterocycles. The summed E-state index contributed by atoms with van der Waals surface area (Å²) in [5.74, 6) is 0. The van der Waals surface area contributed by atoms with Gasteiger partial charge in [0.2, 0.25) is 0 Å². The van der Waals surface area contributed by atoms with Crippen LogP contribution in [0.5, 0.6) is 0 Å². The summed E-state index contributed by atoms with van der Waals surface area (Å²) in [6.07, 6.45) is 10.8. The van der Waals surface area contributed by atoms with Gasteiger partial charge in [-0.15, -0.1) is 5.10 Å². The van der Waals surface area contributed by atoms with Crippen LogP contribution in [0, 0.1) is 0 Å². The van der Waals surface area contributed by atoms with E-state index in [1.54, 1.807) is 6.20 Å². The molecule has 0 bridgehead atoms.